The minimum absolute atomic E-state index is 0.0600. The van der Waals surface area contributed by atoms with Crippen LogP contribution in [0.4, 0.5) is 4.39 Å². The summed E-state index contributed by atoms with van der Waals surface area (Å²) in [6.07, 6.45) is 1.74. The van der Waals surface area contributed by atoms with Crippen molar-refractivity contribution in [3.8, 4) is 5.75 Å². The van der Waals surface area contributed by atoms with Crippen LogP contribution >= 0.6 is 11.6 Å². The van der Waals surface area contributed by atoms with Crippen LogP contribution in [0, 0.1) is 11.7 Å². The third kappa shape index (κ3) is 7.04. The van der Waals surface area contributed by atoms with Crippen LogP contribution in [-0.4, -0.2) is 23.9 Å². The molecule has 172 valence electrons. The van der Waals surface area contributed by atoms with Gasteiger partial charge in [-0.15, -0.1) is 0 Å². The fourth-order valence-electron chi connectivity index (χ4n) is 3.99. The average molecular weight is 467 g/mol. The molecule has 33 heavy (non-hydrogen) atoms. The Morgan fingerprint density at radius 3 is 2.18 bits per heavy atom. The van der Waals surface area contributed by atoms with Gasteiger partial charge in [-0.05, 0) is 79.0 Å². The maximum absolute atomic E-state index is 13.0. The lowest BCUT2D eigenvalue weighted by molar-refractivity contribution is -0.126. The summed E-state index contributed by atoms with van der Waals surface area (Å²) >= 11 is 5.96. The van der Waals surface area contributed by atoms with E-state index in [2.05, 4.69) is 22.3 Å². The molecule has 1 saturated heterocycles. The predicted molar refractivity (Wildman–Crippen MR) is 128 cm³/mol. The van der Waals surface area contributed by atoms with Crippen molar-refractivity contribution in [2.45, 2.75) is 32.5 Å². The number of hydrogen-bond acceptors (Lipinski definition) is 3. The van der Waals surface area contributed by atoms with E-state index in [0.29, 0.717) is 13.2 Å². The number of nitrogens with zero attached hydrogens (tertiary/aromatic N) is 1. The number of halogens is 2. The second-order valence-electron chi connectivity index (χ2n) is 8.45. The molecule has 0 bridgehead atoms. The maximum Gasteiger partial charge on any atom is 0.223 e. The second-order valence-corrected chi connectivity index (χ2v) is 8.89. The molecule has 0 saturated carbocycles. The third-order valence-corrected chi connectivity index (χ3v) is 6.24. The molecule has 0 spiro atoms. The maximum atomic E-state index is 13.0. The lowest BCUT2D eigenvalue weighted by Crippen LogP contribution is -2.40. The molecule has 4 rings (SSSR count). The normalized spacial score (nSPS) is 14.7. The van der Waals surface area contributed by atoms with E-state index in [4.69, 9.17) is 16.3 Å². The Hall–Kier alpha value is -2.89. The van der Waals surface area contributed by atoms with Crippen LogP contribution in [0.5, 0.6) is 5.75 Å². The minimum atomic E-state index is -0.256. The van der Waals surface area contributed by atoms with E-state index in [-0.39, 0.29) is 17.6 Å². The molecule has 0 unspecified atom stereocenters. The van der Waals surface area contributed by atoms with Gasteiger partial charge in [0, 0.05) is 24.0 Å². The Kier molecular flexibility index (Phi) is 7.97. The molecule has 1 amide bonds. The van der Waals surface area contributed by atoms with E-state index in [1.807, 2.05) is 36.4 Å². The van der Waals surface area contributed by atoms with E-state index < -0.39 is 0 Å². The van der Waals surface area contributed by atoms with Crippen LogP contribution in [0.15, 0.2) is 72.8 Å². The van der Waals surface area contributed by atoms with E-state index in [9.17, 15) is 9.18 Å². The van der Waals surface area contributed by atoms with Crippen LogP contribution in [0.2, 0.25) is 5.02 Å². The van der Waals surface area contributed by atoms with Gasteiger partial charge >= 0.3 is 0 Å². The molecule has 0 radical (unpaired) electrons. The molecule has 3 aromatic rings. The molecule has 1 aliphatic heterocycles. The standard InChI is InChI=1S/C27H28ClFN2O2/c28-24-7-1-21(2-8-24)18-31-15-13-23(14-16-31)27(32)30-17-20-5-11-26(12-6-20)33-19-22-3-9-25(29)10-4-22/h1-12,23H,13-19H2,(H,30,32). The molecule has 4 nitrogen and oxygen atoms in total. The summed E-state index contributed by atoms with van der Waals surface area (Å²) in [5.41, 5.74) is 3.18. The Morgan fingerprint density at radius 2 is 1.52 bits per heavy atom. The topological polar surface area (TPSA) is 41.6 Å². The van der Waals surface area contributed by atoms with Gasteiger partial charge in [-0.1, -0.05) is 48.0 Å². The van der Waals surface area contributed by atoms with Gasteiger partial charge in [-0.2, -0.15) is 0 Å². The number of nitrogens with one attached hydrogen (secondary N) is 1. The van der Waals surface area contributed by atoms with Gasteiger partial charge in [-0.3, -0.25) is 9.69 Å². The number of benzene rings is 3. The van der Waals surface area contributed by atoms with Crippen molar-refractivity contribution in [3.05, 3.63) is 100 Å². The summed E-state index contributed by atoms with van der Waals surface area (Å²) < 4.78 is 18.7. The molecule has 0 aliphatic carbocycles. The van der Waals surface area contributed by atoms with Crippen molar-refractivity contribution < 1.29 is 13.9 Å². The van der Waals surface area contributed by atoms with Gasteiger partial charge in [0.05, 0.1) is 0 Å². The van der Waals surface area contributed by atoms with Crippen LogP contribution in [0.25, 0.3) is 0 Å². The first-order valence-electron chi connectivity index (χ1n) is 11.3. The quantitative estimate of drug-likeness (QED) is 0.470. The highest BCUT2D eigenvalue weighted by molar-refractivity contribution is 6.30. The summed E-state index contributed by atoms with van der Waals surface area (Å²) in [4.78, 5) is 15.0. The van der Waals surface area contributed by atoms with E-state index in [1.54, 1.807) is 12.1 Å². The monoisotopic (exact) mass is 466 g/mol. The fourth-order valence-corrected chi connectivity index (χ4v) is 4.11. The number of ether oxygens (including phenoxy) is 1. The molecule has 1 heterocycles. The summed E-state index contributed by atoms with van der Waals surface area (Å²) in [6, 6.07) is 21.9. The predicted octanol–water partition coefficient (Wildman–Crippen LogP) is 5.59. The number of likely N-dealkylation sites (tertiary alicyclic amines) is 1. The lowest BCUT2D eigenvalue weighted by Gasteiger charge is -2.31. The van der Waals surface area contributed by atoms with Crippen LogP contribution in [-0.2, 0) is 24.5 Å². The summed E-state index contributed by atoms with van der Waals surface area (Å²) in [7, 11) is 0. The van der Waals surface area contributed by atoms with E-state index in [1.165, 1.54) is 17.7 Å². The molecule has 3 aromatic carbocycles. The van der Waals surface area contributed by atoms with Gasteiger partial charge in [0.2, 0.25) is 5.91 Å². The van der Waals surface area contributed by atoms with E-state index in [0.717, 1.165) is 54.4 Å². The number of amides is 1. The highest BCUT2D eigenvalue weighted by Crippen LogP contribution is 2.21. The Bertz CT molecular complexity index is 1030. The summed E-state index contributed by atoms with van der Waals surface area (Å²) in [5.74, 6) is 0.665. The van der Waals surface area contributed by atoms with Gasteiger partial charge in [0.25, 0.3) is 0 Å². The Labute approximate surface area is 199 Å². The van der Waals surface area contributed by atoms with Crippen molar-refractivity contribution in [1.29, 1.82) is 0 Å². The first-order valence-corrected chi connectivity index (χ1v) is 11.6. The van der Waals surface area contributed by atoms with Crippen LogP contribution < -0.4 is 10.1 Å². The Morgan fingerprint density at radius 1 is 0.909 bits per heavy atom. The zero-order valence-corrected chi connectivity index (χ0v) is 19.2. The molecular formula is C27H28ClFN2O2. The minimum Gasteiger partial charge on any atom is -0.489 e. The smallest absolute Gasteiger partial charge is 0.223 e. The summed E-state index contributed by atoms with van der Waals surface area (Å²) in [6.45, 7) is 3.61. The lowest BCUT2D eigenvalue weighted by atomic mass is 9.95. The molecule has 6 heteroatoms. The number of carbonyl (C=O) groups is 1. The van der Waals surface area contributed by atoms with Crippen molar-refractivity contribution in [1.82, 2.24) is 10.2 Å². The van der Waals surface area contributed by atoms with E-state index >= 15 is 0 Å². The number of carbonyl (C=O) groups excluding carboxylic acids is 1. The van der Waals surface area contributed by atoms with Gasteiger partial charge in [0.1, 0.15) is 18.2 Å². The van der Waals surface area contributed by atoms with Crippen molar-refractivity contribution in [3.63, 3.8) is 0 Å². The highest BCUT2D eigenvalue weighted by atomic mass is 35.5. The molecule has 0 aromatic heterocycles. The summed E-state index contributed by atoms with van der Waals surface area (Å²) in [5, 5.41) is 3.82. The highest BCUT2D eigenvalue weighted by Gasteiger charge is 2.24. The van der Waals surface area contributed by atoms with Gasteiger partial charge in [-0.25, -0.2) is 4.39 Å². The molecule has 0 atom stereocenters. The number of hydrogen-bond donors (Lipinski definition) is 1. The third-order valence-electron chi connectivity index (χ3n) is 5.99. The molecular weight excluding hydrogens is 439 g/mol. The van der Waals surface area contributed by atoms with Crippen molar-refractivity contribution in [2.24, 2.45) is 5.92 Å². The van der Waals surface area contributed by atoms with Crippen LogP contribution in [0.3, 0.4) is 0 Å². The first kappa shape index (κ1) is 23.3. The molecule has 1 N–H and O–H groups in total. The SMILES string of the molecule is O=C(NCc1ccc(OCc2ccc(F)cc2)cc1)C1CCN(Cc2ccc(Cl)cc2)CC1. The first-order chi connectivity index (χ1) is 16.0. The number of piperidine rings is 1. The van der Waals surface area contributed by atoms with Crippen molar-refractivity contribution in [2.75, 3.05) is 13.1 Å². The van der Waals surface area contributed by atoms with Crippen molar-refractivity contribution >= 4 is 17.5 Å². The molecule has 1 aliphatic rings. The fraction of sp³-hybridized carbons (Fsp3) is 0.296. The number of rotatable bonds is 8. The zero-order valence-electron chi connectivity index (χ0n) is 18.5. The second kappa shape index (κ2) is 11.3. The zero-order chi connectivity index (χ0) is 23.0. The largest absolute Gasteiger partial charge is 0.489 e. The van der Waals surface area contributed by atoms with Gasteiger partial charge < -0.3 is 10.1 Å². The average Bonchev–Trinajstić information content (AvgIpc) is 2.85. The molecule has 1 fully saturated rings. The van der Waals surface area contributed by atoms with Crippen LogP contribution in [0.1, 0.15) is 29.5 Å². The Balaban J connectivity index is 1.17. The van der Waals surface area contributed by atoms with Gasteiger partial charge in [0.15, 0.2) is 0 Å².